The zero-order valence-electron chi connectivity index (χ0n) is 27.7. The summed E-state index contributed by atoms with van der Waals surface area (Å²) in [5.41, 5.74) is 0.103. The summed E-state index contributed by atoms with van der Waals surface area (Å²) in [5, 5.41) is 60.6. The standard InChI is InChI=1S/C39H32O14/c1-20-33(47)36(51-30(45)16-6-21-2-10-24(40)11-3-21)38(52-31(46)17-7-22-4-12-25(41)13-5-22)39(49-20)53-37-34(48)32-28(44)18-27(43)19-29(32)50-35(37)23-8-14-26(42)15-9-23/h2-20,33,36,38-44,47H,1H3. The van der Waals surface area contributed by atoms with Gasteiger partial charge in [0.1, 0.15) is 45.8 Å². The second-order valence-electron chi connectivity index (χ2n) is 11.9. The largest absolute Gasteiger partial charge is 0.508 e. The Balaban J connectivity index is 1.40. The fraction of sp³-hybridized carbons (Fsp3) is 0.154. The van der Waals surface area contributed by atoms with Crippen molar-refractivity contribution in [2.24, 2.45) is 0 Å². The molecule has 4 aromatic carbocycles. The molecule has 1 aliphatic heterocycles. The van der Waals surface area contributed by atoms with E-state index in [-0.39, 0.29) is 39.5 Å². The van der Waals surface area contributed by atoms with Crippen LogP contribution in [-0.4, -0.2) is 73.3 Å². The van der Waals surface area contributed by atoms with Crippen LogP contribution in [0.3, 0.4) is 0 Å². The number of esters is 2. The number of rotatable bonds is 9. The van der Waals surface area contributed by atoms with E-state index in [2.05, 4.69) is 0 Å². The molecule has 1 saturated heterocycles. The van der Waals surface area contributed by atoms with E-state index in [9.17, 15) is 45.0 Å². The molecule has 2 heterocycles. The minimum atomic E-state index is -1.76. The van der Waals surface area contributed by atoms with Crippen LogP contribution in [0.5, 0.6) is 34.5 Å². The Hall–Kier alpha value is -6.77. The van der Waals surface area contributed by atoms with E-state index in [1.807, 2.05) is 0 Å². The molecule has 5 aromatic rings. The molecule has 1 aromatic heterocycles. The van der Waals surface area contributed by atoms with Crippen molar-refractivity contribution in [1.29, 1.82) is 0 Å². The number of fused-ring (bicyclic) bond motifs is 1. The van der Waals surface area contributed by atoms with E-state index in [0.717, 1.165) is 24.3 Å². The lowest BCUT2D eigenvalue weighted by Crippen LogP contribution is -2.61. The number of aliphatic hydroxyl groups excluding tert-OH is 1. The van der Waals surface area contributed by atoms with Crippen LogP contribution in [0.2, 0.25) is 0 Å². The monoisotopic (exact) mass is 724 g/mol. The van der Waals surface area contributed by atoms with Crippen molar-refractivity contribution in [3.63, 3.8) is 0 Å². The zero-order valence-corrected chi connectivity index (χ0v) is 27.7. The van der Waals surface area contributed by atoms with Gasteiger partial charge in [-0.15, -0.1) is 0 Å². The molecule has 1 fully saturated rings. The second-order valence-corrected chi connectivity index (χ2v) is 11.9. The maximum atomic E-state index is 14.0. The summed E-state index contributed by atoms with van der Waals surface area (Å²) in [6.45, 7) is 1.43. The molecule has 0 saturated carbocycles. The molecule has 14 nitrogen and oxygen atoms in total. The van der Waals surface area contributed by atoms with E-state index in [4.69, 9.17) is 23.4 Å². The van der Waals surface area contributed by atoms with Gasteiger partial charge in [-0.2, -0.15) is 0 Å². The van der Waals surface area contributed by atoms with E-state index < -0.39 is 65.3 Å². The Morgan fingerprint density at radius 1 is 0.698 bits per heavy atom. The molecule has 53 heavy (non-hydrogen) atoms. The number of phenols is 5. The molecule has 5 unspecified atom stereocenters. The van der Waals surface area contributed by atoms with Gasteiger partial charge in [0, 0.05) is 29.8 Å². The second kappa shape index (κ2) is 15.2. The maximum absolute atomic E-state index is 14.0. The van der Waals surface area contributed by atoms with Gasteiger partial charge in [0.15, 0.2) is 11.9 Å². The molecule has 0 bridgehead atoms. The molecule has 0 spiro atoms. The lowest BCUT2D eigenvalue weighted by atomic mass is 9.99. The first-order valence-electron chi connectivity index (χ1n) is 16.0. The molecule has 5 atom stereocenters. The highest BCUT2D eigenvalue weighted by atomic mass is 16.7. The van der Waals surface area contributed by atoms with E-state index in [1.165, 1.54) is 79.7 Å². The minimum absolute atomic E-state index is 0.00579. The molecule has 6 N–H and O–H groups in total. The smallest absolute Gasteiger partial charge is 0.331 e. The van der Waals surface area contributed by atoms with Crippen molar-refractivity contribution >= 4 is 35.1 Å². The third-order valence-corrected chi connectivity index (χ3v) is 8.15. The molecular weight excluding hydrogens is 692 g/mol. The Morgan fingerprint density at radius 2 is 1.21 bits per heavy atom. The van der Waals surface area contributed by atoms with Crippen LogP contribution in [0.25, 0.3) is 34.4 Å². The maximum Gasteiger partial charge on any atom is 0.331 e. The predicted octanol–water partition coefficient (Wildman–Crippen LogP) is 4.72. The lowest BCUT2D eigenvalue weighted by molar-refractivity contribution is -0.276. The van der Waals surface area contributed by atoms with E-state index >= 15 is 0 Å². The SMILES string of the molecule is CC1OC(Oc2c(-c3ccc(O)cc3)oc3cc(O)cc(O)c3c2=O)C(OC(=O)C=Cc2ccc(O)cc2)C(OC(=O)C=Cc2ccc(O)cc2)C1O. The van der Waals surface area contributed by atoms with Gasteiger partial charge in [0.25, 0.3) is 0 Å². The van der Waals surface area contributed by atoms with Crippen LogP contribution in [0.15, 0.2) is 106 Å². The summed E-state index contributed by atoms with van der Waals surface area (Å²) in [7, 11) is 0. The van der Waals surface area contributed by atoms with Gasteiger partial charge in [0.05, 0.1) is 6.10 Å². The molecule has 14 heteroatoms. The van der Waals surface area contributed by atoms with Crippen LogP contribution in [-0.2, 0) is 23.8 Å². The fourth-order valence-electron chi connectivity index (χ4n) is 5.48. The highest BCUT2D eigenvalue weighted by molar-refractivity contribution is 5.89. The first-order chi connectivity index (χ1) is 25.4. The lowest BCUT2D eigenvalue weighted by Gasteiger charge is -2.41. The summed E-state index contributed by atoms with van der Waals surface area (Å²) in [5.74, 6) is -3.89. The number of aromatic hydroxyl groups is 5. The first kappa shape index (κ1) is 36.0. The number of aliphatic hydroxyl groups is 1. The molecule has 272 valence electrons. The average Bonchev–Trinajstić information content (AvgIpc) is 3.12. The molecule has 6 rings (SSSR count). The Labute approximate surface area is 300 Å². The third kappa shape index (κ3) is 8.25. The number of benzene rings is 4. The van der Waals surface area contributed by atoms with Crippen LogP contribution in [0.1, 0.15) is 18.1 Å². The first-order valence-corrected chi connectivity index (χ1v) is 16.0. The van der Waals surface area contributed by atoms with Crippen LogP contribution in [0, 0.1) is 0 Å². The van der Waals surface area contributed by atoms with Crippen molar-refractivity contribution in [3.05, 3.63) is 118 Å². The Morgan fingerprint density at radius 3 is 1.75 bits per heavy atom. The van der Waals surface area contributed by atoms with Gasteiger partial charge in [-0.1, -0.05) is 24.3 Å². The van der Waals surface area contributed by atoms with Crippen molar-refractivity contribution in [1.82, 2.24) is 0 Å². The zero-order chi connectivity index (χ0) is 37.8. The van der Waals surface area contributed by atoms with Gasteiger partial charge in [-0.25, -0.2) is 9.59 Å². The Kier molecular flexibility index (Phi) is 10.4. The summed E-state index contributed by atoms with van der Waals surface area (Å²) in [4.78, 5) is 40.4. The van der Waals surface area contributed by atoms with Crippen molar-refractivity contribution in [2.75, 3.05) is 0 Å². The molecule has 1 aliphatic rings. The number of phenolic OH excluding ortho intramolecular Hbond substituents is 5. The number of carbonyl (C=O) groups is 2. The predicted molar refractivity (Wildman–Crippen MR) is 188 cm³/mol. The molecule has 0 amide bonds. The van der Waals surface area contributed by atoms with Crippen molar-refractivity contribution in [3.8, 4) is 45.8 Å². The van der Waals surface area contributed by atoms with E-state index in [0.29, 0.717) is 11.1 Å². The van der Waals surface area contributed by atoms with Crippen LogP contribution in [0.4, 0.5) is 0 Å². The normalized spacial score (nSPS) is 20.1. The van der Waals surface area contributed by atoms with Crippen molar-refractivity contribution in [2.45, 2.75) is 37.6 Å². The summed E-state index contributed by atoms with van der Waals surface area (Å²) in [6.07, 6.45) is -3.00. The van der Waals surface area contributed by atoms with E-state index in [1.54, 1.807) is 12.1 Å². The fourth-order valence-corrected chi connectivity index (χ4v) is 5.48. The highest BCUT2D eigenvalue weighted by Gasteiger charge is 2.50. The van der Waals surface area contributed by atoms with Gasteiger partial charge < -0.3 is 54.0 Å². The molecule has 0 aliphatic carbocycles. The number of ether oxygens (including phenoxy) is 4. The summed E-state index contributed by atoms with van der Waals surface area (Å²) >= 11 is 0. The Bertz CT molecular complexity index is 2240. The van der Waals surface area contributed by atoms with Gasteiger partial charge in [0.2, 0.25) is 23.6 Å². The average molecular weight is 725 g/mol. The van der Waals surface area contributed by atoms with Gasteiger partial charge >= 0.3 is 11.9 Å². The summed E-state index contributed by atoms with van der Waals surface area (Å²) < 4.78 is 29.3. The number of hydrogen-bond donors (Lipinski definition) is 6. The van der Waals surface area contributed by atoms with Crippen LogP contribution >= 0.6 is 0 Å². The highest BCUT2D eigenvalue weighted by Crippen LogP contribution is 2.38. The van der Waals surface area contributed by atoms with Gasteiger partial charge in [-0.3, -0.25) is 4.79 Å². The summed E-state index contributed by atoms with van der Waals surface area (Å²) in [6, 6.07) is 19.2. The number of hydrogen-bond acceptors (Lipinski definition) is 14. The van der Waals surface area contributed by atoms with Gasteiger partial charge in [-0.05, 0) is 78.7 Å². The topological polar surface area (TPSA) is 223 Å². The molecule has 0 radical (unpaired) electrons. The number of carbonyl (C=O) groups excluding carboxylic acids is 2. The minimum Gasteiger partial charge on any atom is -0.508 e. The third-order valence-electron chi connectivity index (χ3n) is 8.15. The van der Waals surface area contributed by atoms with Crippen LogP contribution < -0.4 is 10.2 Å². The van der Waals surface area contributed by atoms with Crippen molar-refractivity contribution < 1.29 is 63.6 Å². The molecular formula is C39H32O14. The quantitative estimate of drug-likeness (QED) is 0.0894.